The first-order chi connectivity index (χ1) is 18.4. The van der Waals surface area contributed by atoms with E-state index in [0.29, 0.717) is 30.3 Å². The number of hydrogen-bond donors (Lipinski definition) is 0. The van der Waals surface area contributed by atoms with Crippen LogP contribution >= 0.6 is 0 Å². The van der Waals surface area contributed by atoms with Crippen molar-refractivity contribution in [2.45, 2.75) is 104 Å². The number of esters is 1. The molecule has 0 bridgehead atoms. The second-order valence-corrected chi connectivity index (χ2v) is 11.2. The molecular formula is C33H46F2O3. The molecule has 3 rings (SSSR count). The lowest BCUT2D eigenvalue weighted by Gasteiger charge is -2.28. The van der Waals surface area contributed by atoms with Crippen LogP contribution in [0.2, 0.25) is 0 Å². The van der Waals surface area contributed by atoms with Crippen LogP contribution in [0.1, 0.15) is 114 Å². The van der Waals surface area contributed by atoms with Crippen molar-refractivity contribution in [2.24, 2.45) is 17.8 Å². The second-order valence-electron chi connectivity index (χ2n) is 11.2. The number of ether oxygens (including phenoxy) is 2. The summed E-state index contributed by atoms with van der Waals surface area (Å²) in [4.78, 5) is 12.5. The van der Waals surface area contributed by atoms with Crippen LogP contribution in [0.3, 0.4) is 0 Å². The summed E-state index contributed by atoms with van der Waals surface area (Å²) in [7, 11) is 0. The number of benzene rings is 2. The van der Waals surface area contributed by atoms with E-state index in [0.717, 1.165) is 12.3 Å². The fourth-order valence-electron chi connectivity index (χ4n) is 5.29. The van der Waals surface area contributed by atoms with Crippen molar-refractivity contribution in [1.82, 2.24) is 0 Å². The van der Waals surface area contributed by atoms with Crippen molar-refractivity contribution in [3.05, 3.63) is 59.2 Å². The summed E-state index contributed by atoms with van der Waals surface area (Å²) in [6.07, 6.45) is 15.9. The van der Waals surface area contributed by atoms with Gasteiger partial charge in [0.15, 0.2) is 11.6 Å². The lowest BCUT2D eigenvalue weighted by molar-refractivity contribution is 0.0726. The molecule has 5 heteroatoms. The smallest absolute Gasteiger partial charge is 0.343 e. The van der Waals surface area contributed by atoms with E-state index in [1.807, 2.05) is 13.8 Å². The maximum Gasteiger partial charge on any atom is 0.343 e. The summed E-state index contributed by atoms with van der Waals surface area (Å²) in [5, 5.41) is 0. The van der Waals surface area contributed by atoms with E-state index in [-0.39, 0.29) is 11.5 Å². The van der Waals surface area contributed by atoms with E-state index in [9.17, 15) is 13.6 Å². The molecule has 1 atom stereocenters. The molecule has 1 fully saturated rings. The third-order valence-electron chi connectivity index (χ3n) is 8.10. The molecule has 210 valence electrons. The molecule has 0 spiro atoms. The van der Waals surface area contributed by atoms with Crippen molar-refractivity contribution in [1.29, 1.82) is 0 Å². The predicted octanol–water partition coefficient (Wildman–Crippen LogP) is 9.71. The van der Waals surface area contributed by atoms with Gasteiger partial charge in [-0.3, -0.25) is 0 Å². The van der Waals surface area contributed by atoms with Crippen LogP contribution in [0.4, 0.5) is 8.78 Å². The molecule has 1 aliphatic rings. The SMILES string of the molecule is CCCCCCCC[C@H]1CC[C@H](COc2ccc(C(=O)Oc3ccc(C[C@@H](C)CC)c(F)c3F)cc2)CC1. The molecule has 0 aliphatic heterocycles. The van der Waals surface area contributed by atoms with Crippen LogP contribution in [-0.2, 0) is 6.42 Å². The van der Waals surface area contributed by atoms with Crippen molar-refractivity contribution in [3.63, 3.8) is 0 Å². The van der Waals surface area contributed by atoms with Crippen LogP contribution < -0.4 is 9.47 Å². The molecular weight excluding hydrogens is 482 g/mol. The third-order valence-corrected chi connectivity index (χ3v) is 8.10. The maximum atomic E-state index is 14.5. The zero-order valence-electron chi connectivity index (χ0n) is 23.6. The summed E-state index contributed by atoms with van der Waals surface area (Å²) in [5.41, 5.74) is 0.556. The summed E-state index contributed by atoms with van der Waals surface area (Å²) >= 11 is 0. The predicted molar refractivity (Wildman–Crippen MR) is 150 cm³/mol. The molecule has 0 N–H and O–H groups in total. The van der Waals surface area contributed by atoms with E-state index < -0.39 is 23.4 Å². The van der Waals surface area contributed by atoms with E-state index >= 15 is 0 Å². The van der Waals surface area contributed by atoms with Gasteiger partial charge in [-0.2, -0.15) is 4.39 Å². The van der Waals surface area contributed by atoms with Crippen molar-refractivity contribution < 1.29 is 23.0 Å². The van der Waals surface area contributed by atoms with Gasteiger partial charge in [0.2, 0.25) is 5.82 Å². The minimum Gasteiger partial charge on any atom is -0.493 e. The average molecular weight is 529 g/mol. The zero-order valence-corrected chi connectivity index (χ0v) is 23.6. The average Bonchev–Trinajstić information content (AvgIpc) is 2.94. The van der Waals surface area contributed by atoms with Gasteiger partial charge in [-0.1, -0.05) is 91.0 Å². The standard InChI is InChI=1S/C33H46F2O3/c1-4-6-7-8-9-10-11-25-12-14-26(15-13-25)23-37-29-19-16-27(17-20-29)33(36)38-30-21-18-28(22-24(3)5-2)31(34)32(30)35/h16-21,24-26H,4-15,22-23H2,1-3H3/t24-,25-,26-/m0/s1. The van der Waals surface area contributed by atoms with Gasteiger partial charge in [0.05, 0.1) is 12.2 Å². The van der Waals surface area contributed by atoms with Gasteiger partial charge in [0.1, 0.15) is 5.75 Å². The maximum absolute atomic E-state index is 14.5. The first-order valence-corrected chi connectivity index (χ1v) is 14.8. The van der Waals surface area contributed by atoms with Gasteiger partial charge in [0.25, 0.3) is 0 Å². The molecule has 0 heterocycles. The minimum atomic E-state index is -1.12. The highest BCUT2D eigenvalue weighted by atomic mass is 19.2. The minimum absolute atomic E-state index is 0.239. The molecule has 2 aromatic carbocycles. The highest BCUT2D eigenvalue weighted by Crippen LogP contribution is 2.33. The Balaban J connectivity index is 1.40. The van der Waals surface area contributed by atoms with E-state index in [2.05, 4.69) is 6.92 Å². The first-order valence-electron chi connectivity index (χ1n) is 14.8. The largest absolute Gasteiger partial charge is 0.493 e. The van der Waals surface area contributed by atoms with Crippen molar-refractivity contribution in [3.8, 4) is 11.5 Å². The Labute approximate surface area is 228 Å². The van der Waals surface area contributed by atoms with E-state index in [1.165, 1.54) is 82.8 Å². The van der Waals surface area contributed by atoms with E-state index in [1.54, 1.807) is 24.3 Å². The lowest BCUT2D eigenvalue weighted by atomic mass is 9.80. The Morgan fingerprint density at radius 2 is 1.53 bits per heavy atom. The Morgan fingerprint density at radius 3 is 2.21 bits per heavy atom. The number of unbranched alkanes of at least 4 members (excludes halogenated alkanes) is 5. The summed E-state index contributed by atoms with van der Waals surface area (Å²) < 4.78 is 40.1. The molecule has 38 heavy (non-hydrogen) atoms. The molecule has 1 aliphatic carbocycles. The first kappa shape index (κ1) is 30.1. The molecule has 0 saturated heterocycles. The van der Waals surface area contributed by atoms with Crippen LogP contribution in [0, 0.1) is 29.4 Å². The summed E-state index contributed by atoms with van der Waals surface area (Å²) in [5.74, 6) is -0.818. The van der Waals surface area contributed by atoms with E-state index in [4.69, 9.17) is 9.47 Å². The molecule has 3 nitrogen and oxygen atoms in total. The third kappa shape index (κ3) is 9.39. The zero-order chi connectivity index (χ0) is 27.3. The number of carbonyl (C=O) groups is 1. The Bertz CT molecular complexity index is 980. The molecule has 0 unspecified atom stereocenters. The quantitative estimate of drug-likeness (QED) is 0.131. The Morgan fingerprint density at radius 1 is 0.868 bits per heavy atom. The van der Waals surface area contributed by atoms with Gasteiger partial charge in [0, 0.05) is 0 Å². The monoisotopic (exact) mass is 528 g/mol. The molecule has 0 amide bonds. The molecule has 0 radical (unpaired) electrons. The highest BCUT2D eigenvalue weighted by Gasteiger charge is 2.22. The summed E-state index contributed by atoms with van der Waals surface area (Å²) in [6, 6.07) is 9.47. The van der Waals surface area contributed by atoms with Gasteiger partial charge >= 0.3 is 5.97 Å². The van der Waals surface area contributed by atoms with Crippen LogP contribution in [0.15, 0.2) is 36.4 Å². The Kier molecular flexibility index (Phi) is 12.6. The van der Waals surface area contributed by atoms with Crippen LogP contribution in [0.5, 0.6) is 11.5 Å². The van der Waals surface area contributed by atoms with Gasteiger partial charge in [-0.05, 0) is 72.9 Å². The number of halogens is 2. The van der Waals surface area contributed by atoms with Gasteiger partial charge in [-0.15, -0.1) is 0 Å². The topological polar surface area (TPSA) is 35.5 Å². The number of hydrogen-bond acceptors (Lipinski definition) is 3. The normalized spacial score (nSPS) is 18.2. The van der Waals surface area contributed by atoms with Crippen LogP contribution in [-0.4, -0.2) is 12.6 Å². The second kappa shape index (κ2) is 15.9. The van der Waals surface area contributed by atoms with Crippen molar-refractivity contribution >= 4 is 5.97 Å². The van der Waals surface area contributed by atoms with Gasteiger partial charge in [-0.25, -0.2) is 9.18 Å². The Hall–Kier alpha value is -2.43. The molecule has 2 aromatic rings. The summed E-state index contributed by atoms with van der Waals surface area (Å²) in [6.45, 7) is 6.94. The highest BCUT2D eigenvalue weighted by molar-refractivity contribution is 5.91. The number of rotatable bonds is 15. The van der Waals surface area contributed by atoms with Crippen molar-refractivity contribution in [2.75, 3.05) is 6.61 Å². The number of carbonyl (C=O) groups excluding carboxylic acids is 1. The fraction of sp³-hybridized carbons (Fsp3) is 0.606. The lowest BCUT2D eigenvalue weighted by Crippen LogP contribution is -2.20. The van der Waals surface area contributed by atoms with Gasteiger partial charge < -0.3 is 9.47 Å². The fourth-order valence-corrected chi connectivity index (χ4v) is 5.29. The molecule has 0 aromatic heterocycles. The van der Waals surface area contributed by atoms with Crippen LogP contribution in [0.25, 0.3) is 0 Å². The molecule has 1 saturated carbocycles.